The highest BCUT2D eigenvalue weighted by atomic mass is 19.1. The van der Waals surface area contributed by atoms with Crippen LogP contribution in [0.15, 0.2) is 59.0 Å². The topological polar surface area (TPSA) is 74.5 Å². The van der Waals surface area contributed by atoms with Crippen molar-refractivity contribution in [1.29, 1.82) is 0 Å². The highest BCUT2D eigenvalue weighted by molar-refractivity contribution is 5.92. The molecule has 0 unspecified atom stereocenters. The monoisotopic (exact) mass is 409 g/mol. The lowest BCUT2D eigenvalue weighted by molar-refractivity contribution is -0.117. The molecule has 1 fully saturated rings. The number of carbonyl (C=O) groups is 1. The Morgan fingerprint density at radius 1 is 1.07 bits per heavy atom. The van der Waals surface area contributed by atoms with Crippen LogP contribution >= 0.6 is 0 Å². The van der Waals surface area contributed by atoms with Gasteiger partial charge in [0.15, 0.2) is 0 Å². The zero-order valence-corrected chi connectivity index (χ0v) is 16.8. The number of aromatic nitrogens is 2. The summed E-state index contributed by atoms with van der Waals surface area (Å²) in [4.78, 5) is 16.6. The molecule has 1 N–H and O–H groups in total. The number of amides is 1. The van der Waals surface area contributed by atoms with Gasteiger partial charge in [-0.3, -0.25) is 14.6 Å². The van der Waals surface area contributed by atoms with Crippen LogP contribution in [0.2, 0.25) is 0 Å². The lowest BCUT2D eigenvalue weighted by atomic mass is 10.2. The third kappa shape index (κ3) is 4.90. The molecule has 2 aromatic carbocycles. The van der Waals surface area contributed by atoms with Gasteiger partial charge in [0.2, 0.25) is 17.7 Å². The summed E-state index contributed by atoms with van der Waals surface area (Å²) in [5.74, 6) is 0.688. The molecule has 30 heavy (non-hydrogen) atoms. The number of rotatable bonds is 6. The first-order valence-electron chi connectivity index (χ1n) is 9.99. The molecule has 0 saturated carbocycles. The first kappa shape index (κ1) is 20.2. The zero-order chi connectivity index (χ0) is 20.9. The Labute approximate surface area is 174 Å². The minimum absolute atomic E-state index is 0.00477. The van der Waals surface area contributed by atoms with Gasteiger partial charge in [-0.05, 0) is 43.3 Å². The maximum absolute atomic E-state index is 13.0. The lowest BCUT2D eigenvalue weighted by Gasteiger charge is -2.36. The van der Waals surface area contributed by atoms with Gasteiger partial charge in [-0.2, -0.15) is 0 Å². The predicted octanol–water partition coefficient (Wildman–Crippen LogP) is 3.19. The second-order valence-electron chi connectivity index (χ2n) is 7.35. The first-order valence-corrected chi connectivity index (χ1v) is 9.99. The minimum Gasteiger partial charge on any atom is -0.419 e. The van der Waals surface area contributed by atoms with E-state index in [9.17, 15) is 9.18 Å². The van der Waals surface area contributed by atoms with Gasteiger partial charge in [0.05, 0.1) is 12.6 Å². The SMILES string of the molecule is C[C@@H](c1nnc(-c2ccccc2)o1)N1CCN(CC(=O)Nc2ccc(F)cc2)CC1. The number of halogens is 1. The number of nitrogens with one attached hydrogen (secondary N) is 1. The van der Waals surface area contributed by atoms with Crippen LogP contribution in [-0.2, 0) is 4.79 Å². The molecule has 4 rings (SSSR count). The number of benzene rings is 2. The lowest BCUT2D eigenvalue weighted by Crippen LogP contribution is -2.49. The summed E-state index contributed by atoms with van der Waals surface area (Å²) >= 11 is 0. The maximum Gasteiger partial charge on any atom is 0.247 e. The van der Waals surface area contributed by atoms with Crippen molar-refractivity contribution in [3.8, 4) is 11.5 Å². The molecule has 1 aromatic heterocycles. The summed E-state index contributed by atoms with van der Waals surface area (Å²) in [5.41, 5.74) is 1.50. The number of hydrogen-bond acceptors (Lipinski definition) is 6. The van der Waals surface area contributed by atoms with Crippen LogP contribution in [-0.4, -0.2) is 58.6 Å². The largest absolute Gasteiger partial charge is 0.419 e. The second kappa shape index (κ2) is 9.15. The minimum atomic E-state index is -0.324. The number of anilines is 1. The molecule has 8 heteroatoms. The smallest absolute Gasteiger partial charge is 0.247 e. The van der Waals surface area contributed by atoms with E-state index in [-0.39, 0.29) is 17.8 Å². The summed E-state index contributed by atoms with van der Waals surface area (Å²) in [6.07, 6.45) is 0. The summed E-state index contributed by atoms with van der Waals surface area (Å²) < 4.78 is 18.9. The van der Waals surface area contributed by atoms with E-state index in [1.54, 1.807) is 12.1 Å². The van der Waals surface area contributed by atoms with Crippen molar-refractivity contribution in [2.24, 2.45) is 0 Å². The fourth-order valence-corrected chi connectivity index (χ4v) is 3.50. The van der Waals surface area contributed by atoms with Crippen molar-refractivity contribution < 1.29 is 13.6 Å². The van der Waals surface area contributed by atoms with Crippen molar-refractivity contribution in [3.63, 3.8) is 0 Å². The van der Waals surface area contributed by atoms with Crippen LogP contribution < -0.4 is 5.32 Å². The third-order valence-corrected chi connectivity index (χ3v) is 5.27. The maximum atomic E-state index is 13.0. The van der Waals surface area contributed by atoms with Crippen molar-refractivity contribution >= 4 is 11.6 Å². The second-order valence-corrected chi connectivity index (χ2v) is 7.35. The fraction of sp³-hybridized carbons (Fsp3) is 0.318. The van der Waals surface area contributed by atoms with E-state index in [4.69, 9.17) is 4.42 Å². The average molecular weight is 409 g/mol. The molecule has 7 nitrogen and oxygen atoms in total. The molecule has 1 aliphatic heterocycles. The molecule has 0 spiro atoms. The normalized spacial score (nSPS) is 16.3. The molecule has 3 aromatic rings. The number of nitrogens with zero attached hydrogens (tertiary/aromatic N) is 4. The Morgan fingerprint density at radius 3 is 2.47 bits per heavy atom. The van der Waals surface area contributed by atoms with Gasteiger partial charge in [-0.15, -0.1) is 10.2 Å². The Morgan fingerprint density at radius 2 is 1.77 bits per heavy atom. The molecular formula is C22H24FN5O2. The zero-order valence-electron chi connectivity index (χ0n) is 16.8. The van der Waals surface area contributed by atoms with Crippen molar-refractivity contribution in [2.45, 2.75) is 13.0 Å². The average Bonchev–Trinajstić information content (AvgIpc) is 3.26. The third-order valence-electron chi connectivity index (χ3n) is 5.27. The summed E-state index contributed by atoms with van der Waals surface area (Å²) in [6, 6.07) is 15.5. The first-order chi connectivity index (χ1) is 14.6. The standard InChI is InChI=1S/C22H24FN5O2/c1-16(21-25-26-22(30-21)17-5-3-2-4-6-17)28-13-11-27(12-14-28)15-20(29)24-19-9-7-18(23)8-10-19/h2-10,16H,11-15H2,1H3,(H,24,29)/t16-/m0/s1. The molecule has 1 atom stereocenters. The van der Waals surface area contributed by atoms with E-state index < -0.39 is 0 Å². The molecule has 1 amide bonds. The highest BCUT2D eigenvalue weighted by Gasteiger charge is 2.26. The molecule has 0 bridgehead atoms. The van der Waals surface area contributed by atoms with E-state index in [1.165, 1.54) is 12.1 Å². The number of hydrogen-bond donors (Lipinski definition) is 1. The molecule has 2 heterocycles. The molecule has 0 aliphatic carbocycles. The van der Waals surface area contributed by atoms with Crippen LogP contribution in [0, 0.1) is 5.82 Å². The van der Waals surface area contributed by atoms with Crippen LogP contribution in [0.4, 0.5) is 10.1 Å². The van der Waals surface area contributed by atoms with Crippen LogP contribution in [0.5, 0.6) is 0 Å². The number of carbonyl (C=O) groups excluding carboxylic acids is 1. The molecule has 156 valence electrons. The van der Waals surface area contributed by atoms with Gasteiger partial charge in [0, 0.05) is 37.4 Å². The van der Waals surface area contributed by atoms with Crippen molar-refractivity contribution in [2.75, 3.05) is 38.0 Å². The Kier molecular flexibility index (Phi) is 6.15. The number of piperazine rings is 1. The van der Waals surface area contributed by atoms with E-state index in [2.05, 4.69) is 32.2 Å². The van der Waals surface area contributed by atoms with Gasteiger partial charge in [-0.1, -0.05) is 18.2 Å². The summed E-state index contributed by atoms with van der Waals surface area (Å²) in [7, 11) is 0. The highest BCUT2D eigenvalue weighted by Crippen LogP contribution is 2.24. The molecule has 1 aliphatic rings. The van der Waals surface area contributed by atoms with Gasteiger partial charge in [-0.25, -0.2) is 4.39 Å². The fourth-order valence-electron chi connectivity index (χ4n) is 3.50. The van der Waals surface area contributed by atoms with E-state index >= 15 is 0 Å². The van der Waals surface area contributed by atoms with Crippen molar-refractivity contribution in [3.05, 3.63) is 66.3 Å². The van der Waals surface area contributed by atoms with Crippen LogP contribution in [0.25, 0.3) is 11.5 Å². The van der Waals surface area contributed by atoms with Crippen LogP contribution in [0.3, 0.4) is 0 Å². The van der Waals surface area contributed by atoms with E-state index in [0.717, 1.165) is 31.7 Å². The van der Waals surface area contributed by atoms with Gasteiger partial charge in [0.25, 0.3) is 0 Å². The Balaban J connectivity index is 1.27. The van der Waals surface area contributed by atoms with Gasteiger partial charge in [0.1, 0.15) is 5.82 Å². The van der Waals surface area contributed by atoms with E-state index in [1.807, 2.05) is 30.3 Å². The summed E-state index contributed by atoms with van der Waals surface area (Å²) in [6.45, 7) is 5.49. The van der Waals surface area contributed by atoms with E-state index in [0.29, 0.717) is 24.0 Å². The van der Waals surface area contributed by atoms with Crippen molar-refractivity contribution in [1.82, 2.24) is 20.0 Å². The quantitative estimate of drug-likeness (QED) is 0.674. The molecule has 0 radical (unpaired) electrons. The Hall–Kier alpha value is -3.10. The predicted molar refractivity (Wildman–Crippen MR) is 111 cm³/mol. The molecular weight excluding hydrogens is 385 g/mol. The van der Waals surface area contributed by atoms with Gasteiger partial charge < -0.3 is 9.73 Å². The Bertz CT molecular complexity index is 969. The summed E-state index contributed by atoms with van der Waals surface area (Å²) in [5, 5.41) is 11.2. The van der Waals surface area contributed by atoms with Gasteiger partial charge >= 0.3 is 0 Å². The molecule has 1 saturated heterocycles. The van der Waals surface area contributed by atoms with Crippen LogP contribution in [0.1, 0.15) is 18.9 Å².